The molecule has 0 radical (unpaired) electrons. The van der Waals surface area contributed by atoms with Gasteiger partial charge in [-0.15, -0.1) is 0 Å². The molecule has 122 valence electrons. The van der Waals surface area contributed by atoms with Crippen LogP contribution < -0.4 is 10.6 Å². The van der Waals surface area contributed by atoms with Gasteiger partial charge in [-0.3, -0.25) is 5.10 Å². The molecule has 0 atom stereocenters. The number of fused-ring (bicyclic) bond motifs is 1. The van der Waals surface area contributed by atoms with E-state index in [1.807, 2.05) is 27.7 Å². The second-order valence-corrected chi connectivity index (χ2v) is 6.57. The van der Waals surface area contributed by atoms with Crippen LogP contribution in [0.15, 0.2) is 0 Å². The van der Waals surface area contributed by atoms with E-state index in [2.05, 4.69) is 20.8 Å². The summed E-state index contributed by atoms with van der Waals surface area (Å²) in [5.74, 6) is 0.727. The van der Waals surface area contributed by atoms with Gasteiger partial charge in [-0.2, -0.15) is 5.10 Å². The molecule has 0 aliphatic carbocycles. The van der Waals surface area contributed by atoms with Crippen molar-refractivity contribution in [2.24, 2.45) is 0 Å². The average molecular weight is 325 g/mol. The van der Waals surface area contributed by atoms with Gasteiger partial charge < -0.3 is 20.3 Å². The normalized spacial score (nSPS) is 14.3. The number of aromatic nitrogens is 2. The van der Waals surface area contributed by atoms with Gasteiger partial charge in [0, 0.05) is 18.7 Å². The number of aromatic amines is 1. The number of rotatable bonds is 2. The van der Waals surface area contributed by atoms with E-state index in [0.717, 1.165) is 23.6 Å². The Balaban J connectivity index is 2.02. The molecule has 0 fully saturated rings. The molecular formula is C14H23N5O2S. The zero-order chi connectivity index (χ0) is 16.3. The van der Waals surface area contributed by atoms with Gasteiger partial charge >= 0.3 is 6.09 Å². The first-order valence-electron chi connectivity index (χ1n) is 7.39. The highest BCUT2D eigenvalue weighted by Gasteiger charge is 2.28. The fourth-order valence-corrected chi connectivity index (χ4v) is 2.46. The number of thiocarbonyl (C=S) groups is 1. The molecule has 0 saturated heterocycles. The van der Waals surface area contributed by atoms with E-state index < -0.39 is 5.60 Å². The maximum atomic E-state index is 12.1. The van der Waals surface area contributed by atoms with Gasteiger partial charge in [0.2, 0.25) is 0 Å². The molecule has 0 unspecified atom stereocenters. The van der Waals surface area contributed by atoms with Crippen LogP contribution in [-0.2, 0) is 17.7 Å². The Bertz CT molecular complexity index is 564. The van der Waals surface area contributed by atoms with Gasteiger partial charge in [-0.1, -0.05) is 0 Å². The molecule has 1 aromatic heterocycles. The van der Waals surface area contributed by atoms with Crippen LogP contribution in [0.2, 0.25) is 0 Å². The molecule has 8 heteroatoms. The topological polar surface area (TPSA) is 82.3 Å². The molecule has 1 amide bonds. The lowest BCUT2D eigenvalue weighted by atomic mass is 10.1. The molecule has 22 heavy (non-hydrogen) atoms. The molecule has 0 spiro atoms. The summed E-state index contributed by atoms with van der Waals surface area (Å²) >= 11 is 5.17. The number of nitrogens with zero attached hydrogens (tertiary/aromatic N) is 2. The van der Waals surface area contributed by atoms with E-state index in [9.17, 15) is 4.79 Å². The zero-order valence-corrected chi connectivity index (χ0v) is 14.3. The Morgan fingerprint density at radius 2 is 2.23 bits per heavy atom. The maximum absolute atomic E-state index is 12.1. The minimum Gasteiger partial charge on any atom is -0.444 e. The summed E-state index contributed by atoms with van der Waals surface area (Å²) in [7, 11) is 0. The summed E-state index contributed by atoms with van der Waals surface area (Å²) < 4.78 is 5.40. The Morgan fingerprint density at radius 3 is 2.86 bits per heavy atom. The van der Waals surface area contributed by atoms with Crippen molar-refractivity contribution in [2.75, 3.05) is 18.4 Å². The summed E-state index contributed by atoms with van der Waals surface area (Å²) in [5.41, 5.74) is 1.50. The number of H-pyrrole nitrogens is 1. The molecule has 2 heterocycles. The Morgan fingerprint density at radius 1 is 1.50 bits per heavy atom. The first-order valence-corrected chi connectivity index (χ1v) is 7.80. The standard InChI is InChI=1S/C14H23N5O2S/c1-5-15-12(22)16-11-9-6-7-19(8-10(9)17-18-11)13(20)21-14(2,3)4/h5-8H2,1-4H3,(H3,15,16,17,18,22). The summed E-state index contributed by atoms with van der Waals surface area (Å²) in [6.45, 7) is 9.38. The third-order valence-corrected chi connectivity index (χ3v) is 3.40. The van der Waals surface area contributed by atoms with Crippen molar-refractivity contribution < 1.29 is 9.53 Å². The van der Waals surface area contributed by atoms with Crippen molar-refractivity contribution in [2.45, 2.75) is 46.3 Å². The zero-order valence-electron chi connectivity index (χ0n) is 13.4. The molecule has 2 rings (SSSR count). The van der Waals surface area contributed by atoms with Crippen LogP contribution in [-0.4, -0.2) is 45.0 Å². The van der Waals surface area contributed by atoms with Crippen LogP contribution in [0.25, 0.3) is 0 Å². The second kappa shape index (κ2) is 6.51. The highest BCUT2D eigenvalue weighted by molar-refractivity contribution is 7.80. The molecule has 3 N–H and O–H groups in total. The van der Waals surface area contributed by atoms with Gasteiger partial charge in [0.15, 0.2) is 10.9 Å². The number of hydrogen-bond acceptors (Lipinski definition) is 4. The van der Waals surface area contributed by atoms with Gasteiger partial charge in [0.25, 0.3) is 0 Å². The van der Waals surface area contributed by atoms with Gasteiger partial charge in [-0.25, -0.2) is 4.79 Å². The maximum Gasteiger partial charge on any atom is 0.410 e. The second-order valence-electron chi connectivity index (χ2n) is 6.17. The van der Waals surface area contributed by atoms with Crippen LogP contribution >= 0.6 is 12.2 Å². The lowest BCUT2D eigenvalue weighted by Gasteiger charge is -2.29. The number of ether oxygens (including phenoxy) is 1. The number of carbonyl (C=O) groups excluding carboxylic acids is 1. The lowest BCUT2D eigenvalue weighted by molar-refractivity contribution is 0.0221. The largest absolute Gasteiger partial charge is 0.444 e. The molecule has 1 aliphatic heterocycles. The van der Waals surface area contributed by atoms with E-state index >= 15 is 0 Å². The number of carbonyl (C=O) groups is 1. The van der Waals surface area contributed by atoms with E-state index in [0.29, 0.717) is 24.6 Å². The van der Waals surface area contributed by atoms with E-state index in [1.54, 1.807) is 4.90 Å². The minimum absolute atomic E-state index is 0.301. The minimum atomic E-state index is -0.490. The van der Waals surface area contributed by atoms with Gasteiger partial charge in [0.1, 0.15) is 5.60 Å². The third-order valence-electron chi connectivity index (χ3n) is 3.15. The predicted octanol–water partition coefficient (Wildman–Crippen LogP) is 2.01. The third kappa shape index (κ3) is 4.09. The summed E-state index contributed by atoms with van der Waals surface area (Å²) in [5, 5.41) is 13.9. The van der Waals surface area contributed by atoms with Crippen molar-refractivity contribution in [3.05, 3.63) is 11.3 Å². The number of amides is 1. The smallest absolute Gasteiger partial charge is 0.410 e. The molecule has 1 aromatic rings. The van der Waals surface area contributed by atoms with Crippen LogP contribution in [0.1, 0.15) is 39.0 Å². The van der Waals surface area contributed by atoms with E-state index in [-0.39, 0.29) is 6.09 Å². The van der Waals surface area contributed by atoms with E-state index in [1.165, 1.54) is 0 Å². The summed E-state index contributed by atoms with van der Waals surface area (Å²) in [6, 6.07) is 0. The summed E-state index contributed by atoms with van der Waals surface area (Å²) in [6.07, 6.45) is 0.410. The van der Waals surface area contributed by atoms with E-state index in [4.69, 9.17) is 17.0 Å². The quantitative estimate of drug-likeness (QED) is 0.722. The Hall–Kier alpha value is -1.83. The van der Waals surface area contributed by atoms with Crippen molar-refractivity contribution in [3.63, 3.8) is 0 Å². The number of nitrogens with one attached hydrogen (secondary N) is 3. The van der Waals surface area contributed by atoms with Crippen LogP contribution in [0, 0.1) is 0 Å². The van der Waals surface area contributed by atoms with Crippen molar-refractivity contribution in [1.82, 2.24) is 20.4 Å². The van der Waals surface area contributed by atoms with Crippen molar-refractivity contribution >= 4 is 29.2 Å². The molecule has 7 nitrogen and oxygen atoms in total. The van der Waals surface area contributed by atoms with Crippen LogP contribution in [0.4, 0.5) is 10.6 Å². The van der Waals surface area contributed by atoms with Gasteiger partial charge in [-0.05, 0) is 46.3 Å². The average Bonchev–Trinajstić information content (AvgIpc) is 2.79. The van der Waals surface area contributed by atoms with Gasteiger partial charge in [0.05, 0.1) is 12.2 Å². The number of anilines is 1. The SMILES string of the molecule is CCNC(=S)Nc1n[nH]c2c1CCN(C(=O)OC(C)(C)C)C2. The molecule has 0 saturated carbocycles. The molecule has 1 aliphatic rings. The molecule has 0 aromatic carbocycles. The lowest BCUT2D eigenvalue weighted by Crippen LogP contribution is -2.40. The first-order chi connectivity index (χ1) is 10.3. The monoisotopic (exact) mass is 325 g/mol. The predicted molar refractivity (Wildman–Crippen MR) is 88.8 cm³/mol. The fourth-order valence-electron chi connectivity index (χ4n) is 2.22. The van der Waals surface area contributed by atoms with Crippen LogP contribution in [0.5, 0.6) is 0 Å². The van der Waals surface area contributed by atoms with Crippen molar-refractivity contribution in [3.8, 4) is 0 Å². The molecular weight excluding hydrogens is 302 g/mol. The highest BCUT2D eigenvalue weighted by Crippen LogP contribution is 2.24. The number of hydrogen-bond donors (Lipinski definition) is 3. The highest BCUT2D eigenvalue weighted by atomic mass is 32.1. The molecule has 0 bridgehead atoms. The Labute approximate surface area is 135 Å². The summed E-state index contributed by atoms with van der Waals surface area (Å²) in [4.78, 5) is 13.8. The Kier molecular flexibility index (Phi) is 4.90. The van der Waals surface area contributed by atoms with Crippen LogP contribution in [0.3, 0.4) is 0 Å². The fraction of sp³-hybridized carbons (Fsp3) is 0.643. The van der Waals surface area contributed by atoms with Crippen molar-refractivity contribution in [1.29, 1.82) is 0 Å². The first kappa shape index (κ1) is 16.5.